The van der Waals surface area contributed by atoms with Crippen molar-refractivity contribution in [2.45, 2.75) is 6.42 Å². The number of halogens is 2. The third kappa shape index (κ3) is 2.72. The zero-order valence-electron chi connectivity index (χ0n) is 7.37. The zero-order valence-corrected chi connectivity index (χ0v) is 8.95. The quantitative estimate of drug-likeness (QED) is 0.671. The van der Waals surface area contributed by atoms with Gasteiger partial charge in [-0.1, -0.05) is 0 Å². The van der Waals surface area contributed by atoms with E-state index in [-0.39, 0.29) is 22.1 Å². The van der Waals surface area contributed by atoms with Crippen molar-refractivity contribution >= 4 is 27.5 Å². The number of primary amides is 1. The Morgan fingerprint density at radius 3 is 2.67 bits per heavy atom. The van der Waals surface area contributed by atoms with Gasteiger partial charge >= 0.3 is 0 Å². The van der Waals surface area contributed by atoms with Crippen molar-refractivity contribution in [1.29, 1.82) is 0 Å². The van der Waals surface area contributed by atoms with E-state index in [1.54, 1.807) is 0 Å². The Hall–Kier alpha value is -1.50. The molecule has 0 aliphatic carbocycles. The summed E-state index contributed by atoms with van der Waals surface area (Å²) in [5, 5.41) is 10.6. The highest BCUT2D eigenvalue weighted by molar-refractivity contribution is 9.10. The fourth-order valence-electron chi connectivity index (χ4n) is 1.08. The molecular weight excluding hydrogens is 271 g/mol. The predicted molar refractivity (Wildman–Crippen MR) is 53.7 cm³/mol. The molecule has 5 nitrogen and oxygen atoms in total. The number of hydrogen-bond acceptors (Lipinski definition) is 3. The van der Waals surface area contributed by atoms with E-state index in [2.05, 4.69) is 15.9 Å². The second kappa shape index (κ2) is 4.35. The fourth-order valence-corrected chi connectivity index (χ4v) is 1.41. The van der Waals surface area contributed by atoms with Crippen molar-refractivity contribution in [3.8, 4) is 0 Å². The van der Waals surface area contributed by atoms with Crippen LogP contribution in [0.1, 0.15) is 5.56 Å². The highest BCUT2D eigenvalue weighted by Crippen LogP contribution is 2.26. The molecule has 0 aliphatic heterocycles. The van der Waals surface area contributed by atoms with Gasteiger partial charge in [-0.15, -0.1) is 0 Å². The molecular formula is C8H6BrFN2O3. The van der Waals surface area contributed by atoms with Gasteiger partial charge in [-0.2, -0.15) is 0 Å². The topological polar surface area (TPSA) is 86.2 Å². The van der Waals surface area contributed by atoms with Crippen molar-refractivity contribution in [1.82, 2.24) is 0 Å². The Balaban J connectivity index is 3.28. The molecule has 80 valence electrons. The van der Waals surface area contributed by atoms with E-state index in [4.69, 9.17) is 5.73 Å². The lowest BCUT2D eigenvalue weighted by Crippen LogP contribution is -2.15. The number of carbonyl (C=O) groups excluding carboxylic acids is 1. The van der Waals surface area contributed by atoms with Crippen LogP contribution in [0.3, 0.4) is 0 Å². The second-order valence-corrected chi connectivity index (χ2v) is 3.65. The number of rotatable bonds is 3. The molecule has 1 rings (SSSR count). The summed E-state index contributed by atoms with van der Waals surface area (Å²) >= 11 is 2.82. The van der Waals surface area contributed by atoms with Gasteiger partial charge in [0.1, 0.15) is 5.82 Å². The maximum atomic E-state index is 13.1. The summed E-state index contributed by atoms with van der Waals surface area (Å²) in [6.45, 7) is 0. The minimum Gasteiger partial charge on any atom is -0.369 e. The van der Waals surface area contributed by atoms with Gasteiger partial charge in [-0.3, -0.25) is 14.9 Å². The van der Waals surface area contributed by atoms with Crippen LogP contribution >= 0.6 is 15.9 Å². The average molecular weight is 277 g/mol. The van der Waals surface area contributed by atoms with Crippen LogP contribution in [0, 0.1) is 15.9 Å². The van der Waals surface area contributed by atoms with E-state index in [0.29, 0.717) is 0 Å². The van der Waals surface area contributed by atoms with E-state index >= 15 is 0 Å². The normalized spacial score (nSPS) is 10.0. The SMILES string of the molecule is NC(=O)Cc1cc(F)c(Br)cc1[N+](=O)[O-]. The summed E-state index contributed by atoms with van der Waals surface area (Å²) in [4.78, 5) is 20.5. The average Bonchev–Trinajstić information content (AvgIpc) is 2.09. The van der Waals surface area contributed by atoms with Gasteiger partial charge in [0.15, 0.2) is 0 Å². The molecule has 0 bridgehead atoms. The summed E-state index contributed by atoms with van der Waals surface area (Å²) in [5.74, 6) is -1.42. The molecule has 0 radical (unpaired) electrons. The Morgan fingerprint density at radius 2 is 2.20 bits per heavy atom. The summed E-state index contributed by atoms with van der Waals surface area (Å²) in [6.07, 6.45) is -0.361. The maximum Gasteiger partial charge on any atom is 0.274 e. The molecule has 0 aromatic heterocycles. The third-order valence-corrected chi connectivity index (χ3v) is 2.29. The minimum absolute atomic E-state index is 0.0255. The van der Waals surface area contributed by atoms with Crippen LogP contribution in [0.2, 0.25) is 0 Å². The van der Waals surface area contributed by atoms with Gasteiger partial charge in [0.2, 0.25) is 5.91 Å². The number of nitro groups is 1. The van der Waals surface area contributed by atoms with Crippen molar-refractivity contribution < 1.29 is 14.1 Å². The molecule has 0 unspecified atom stereocenters. The molecule has 1 amide bonds. The summed E-state index contributed by atoms with van der Waals surface area (Å²) in [6, 6.07) is 1.93. The fraction of sp³-hybridized carbons (Fsp3) is 0.125. The number of carbonyl (C=O) groups is 1. The Kier molecular flexibility index (Phi) is 3.35. The molecule has 0 spiro atoms. The first-order valence-corrected chi connectivity index (χ1v) is 4.61. The number of amides is 1. The Bertz CT molecular complexity index is 436. The smallest absolute Gasteiger partial charge is 0.274 e. The lowest BCUT2D eigenvalue weighted by molar-refractivity contribution is -0.385. The van der Waals surface area contributed by atoms with E-state index in [1.165, 1.54) is 0 Å². The van der Waals surface area contributed by atoms with E-state index in [9.17, 15) is 19.3 Å². The number of nitrogens with two attached hydrogens (primary N) is 1. The second-order valence-electron chi connectivity index (χ2n) is 2.80. The Morgan fingerprint density at radius 1 is 1.60 bits per heavy atom. The number of nitro benzene ring substituents is 1. The van der Waals surface area contributed by atoms with E-state index in [0.717, 1.165) is 12.1 Å². The van der Waals surface area contributed by atoms with Crippen LogP contribution in [-0.4, -0.2) is 10.8 Å². The lowest BCUT2D eigenvalue weighted by Gasteiger charge is -2.02. The van der Waals surface area contributed by atoms with Crippen LogP contribution in [0.5, 0.6) is 0 Å². The van der Waals surface area contributed by atoms with Crippen LogP contribution in [0.15, 0.2) is 16.6 Å². The summed E-state index contributed by atoms with van der Waals surface area (Å²) < 4.78 is 13.0. The molecule has 0 saturated heterocycles. The first-order chi connectivity index (χ1) is 6.91. The molecule has 1 aromatic rings. The van der Waals surface area contributed by atoms with Crippen LogP contribution in [-0.2, 0) is 11.2 Å². The molecule has 0 atom stereocenters. The van der Waals surface area contributed by atoms with Gasteiger partial charge in [-0.05, 0) is 22.0 Å². The first-order valence-electron chi connectivity index (χ1n) is 3.82. The first kappa shape index (κ1) is 11.6. The third-order valence-electron chi connectivity index (χ3n) is 1.68. The predicted octanol–water partition coefficient (Wildman–Crippen LogP) is 1.52. The highest BCUT2D eigenvalue weighted by Gasteiger charge is 2.18. The molecule has 15 heavy (non-hydrogen) atoms. The molecule has 2 N–H and O–H groups in total. The Labute approximate surface area is 92.3 Å². The molecule has 0 saturated carbocycles. The van der Waals surface area contributed by atoms with Gasteiger partial charge in [0.25, 0.3) is 5.69 Å². The van der Waals surface area contributed by atoms with E-state index in [1.807, 2.05) is 0 Å². The number of nitrogens with zero attached hydrogens (tertiary/aromatic N) is 1. The van der Waals surface area contributed by atoms with Crippen LogP contribution < -0.4 is 5.73 Å². The van der Waals surface area contributed by atoms with Crippen LogP contribution in [0.25, 0.3) is 0 Å². The molecule has 0 aliphatic rings. The largest absolute Gasteiger partial charge is 0.369 e. The van der Waals surface area contributed by atoms with Crippen molar-refractivity contribution in [3.63, 3.8) is 0 Å². The minimum atomic E-state index is -0.750. The highest BCUT2D eigenvalue weighted by atomic mass is 79.9. The van der Waals surface area contributed by atoms with Crippen molar-refractivity contribution in [2.24, 2.45) is 5.73 Å². The molecule has 7 heteroatoms. The van der Waals surface area contributed by atoms with Crippen molar-refractivity contribution in [2.75, 3.05) is 0 Å². The zero-order chi connectivity index (χ0) is 11.6. The van der Waals surface area contributed by atoms with Gasteiger partial charge in [0, 0.05) is 11.6 Å². The number of benzene rings is 1. The summed E-state index contributed by atoms with van der Waals surface area (Å²) in [7, 11) is 0. The molecule has 0 fully saturated rings. The molecule has 1 aromatic carbocycles. The standard InChI is InChI=1S/C8H6BrFN2O3/c9-5-3-7(12(14)15)4(1-6(5)10)2-8(11)13/h1,3H,2H2,(H2,11,13). The van der Waals surface area contributed by atoms with Gasteiger partial charge in [-0.25, -0.2) is 4.39 Å². The molecule has 0 heterocycles. The monoisotopic (exact) mass is 276 g/mol. The van der Waals surface area contributed by atoms with Gasteiger partial charge < -0.3 is 5.73 Å². The maximum absolute atomic E-state index is 13.1. The van der Waals surface area contributed by atoms with Crippen molar-refractivity contribution in [3.05, 3.63) is 38.1 Å². The summed E-state index contributed by atoms with van der Waals surface area (Å²) in [5.41, 5.74) is 4.52. The lowest BCUT2D eigenvalue weighted by atomic mass is 10.1. The number of hydrogen-bond donors (Lipinski definition) is 1. The van der Waals surface area contributed by atoms with Gasteiger partial charge in [0.05, 0.1) is 15.8 Å². The van der Waals surface area contributed by atoms with E-state index < -0.39 is 16.6 Å². The van der Waals surface area contributed by atoms with Crippen LogP contribution in [0.4, 0.5) is 10.1 Å².